The van der Waals surface area contributed by atoms with E-state index in [0.717, 1.165) is 39.3 Å². The Kier molecular flexibility index (Phi) is 5.53. The fourth-order valence-electron chi connectivity index (χ4n) is 1.69. The van der Waals surface area contributed by atoms with E-state index < -0.39 is 0 Å². The standard InChI is InChI=1S/C14H16N4S2/c1-3-6-16-9-11-4-5-13(12(7-11)8-15)20-14-18-17-10(2)19-14/h4-5,7,16H,3,6,9H2,1-2H3. The molecule has 0 aliphatic heterocycles. The molecule has 1 heterocycles. The highest BCUT2D eigenvalue weighted by molar-refractivity contribution is 8.01. The zero-order valence-electron chi connectivity index (χ0n) is 11.5. The van der Waals surface area contributed by atoms with Crippen LogP contribution in [0.3, 0.4) is 0 Å². The highest BCUT2D eigenvalue weighted by Crippen LogP contribution is 2.32. The van der Waals surface area contributed by atoms with Crippen LogP contribution in [0.4, 0.5) is 0 Å². The number of benzene rings is 1. The van der Waals surface area contributed by atoms with E-state index in [1.165, 1.54) is 11.8 Å². The molecule has 0 saturated heterocycles. The molecule has 0 radical (unpaired) electrons. The molecular weight excluding hydrogens is 288 g/mol. The topological polar surface area (TPSA) is 61.6 Å². The second-order valence-electron chi connectivity index (χ2n) is 4.31. The van der Waals surface area contributed by atoms with Crippen molar-refractivity contribution in [1.82, 2.24) is 15.5 Å². The molecule has 0 aliphatic rings. The normalized spacial score (nSPS) is 10.4. The lowest BCUT2D eigenvalue weighted by atomic mass is 10.1. The van der Waals surface area contributed by atoms with Gasteiger partial charge in [-0.1, -0.05) is 36.1 Å². The summed E-state index contributed by atoms with van der Waals surface area (Å²) in [5, 5.41) is 21.6. The van der Waals surface area contributed by atoms with Gasteiger partial charge in [0.05, 0.1) is 5.56 Å². The van der Waals surface area contributed by atoms with E-state index in [-0.39, 0.29) is 0 Å². The summed E-state index contributed by atoms with van der Waals surface area (Å²) in [7, 11) is 0. The summed E-state index contributed by atoms with van der Waals surface area (Å²) in [6.07, 6.45) is 1.11. The van der Waals surface area contributed by atoms with Crippen LogP contribution in [-0.2, 0) is 6.54 Å². The first-order chi connectivity index (χ1) is 9.72. The van der Waals surface area contributed by atoms with Gasteiger partial charge in [0.15, 0.2) is 4.34 Å². The van der Waals surface area contributed by atoms with Crippen molar-refractivity contribution in [3.63, 3.8) is 0 Å². The SMILES string of the molecule is CCCNCc1ccc(Sc2nnc(C)s2)c(C#N)c1. The van der Waals surface area contributed by atoms with Crippen LogP contribution in [0.5, 0.6) is 0 Å². The predicted molar refractivity (Wildman–Crippen MR) is 81.9 cm³/mol. The second kappa shape index (κ2) is 7.39. The Balaban J connectivity index is 2.11. The van der Waals surface area contributed by atoms with Crippen LogP contribution in [0, 0.1) is 18.3 Å². The predicted octanol–water partition coefficient (Wildman–Crippen LogP) is 3.37. The minimum Gasteiger partial charge on any atom is -0.313 e. The lowest BCUT2D eigenvalue weighted by molar-refractivity contribution is 0.675. The summed E-state index contributed by atoms with van der Waals surface area (Å²) >= 11 is 3.04. The molecule has 0 fully saturated rings. The third-order valence-corrected chi connectivity index (χ3v) is 4.59. The summed E-state index contributed by atoms with van der Waals surface area (Å²) in [6.45, 7) is 5.85. The van der Waals surface area contributed by atoms with E-state index in [1.54, 1.807) is 11.3 Å². The molecule has 4 nitrogen and oxygen atoms in total. The van der Waals surface area contributed by atoms with Gasteiger partial charge in [-0.3, -0.25) is 0 Å². The summed E-state index contributed by atoms with van der Waals surface area (Å²) in [5.74, 6) is 0. The van der Waals surface area contributed by atoms with Gasteiger partial charge in [-0.05, 0) is 37.6 Å². The van der Waals surface area contributed by atoms with Gasteiger partial charge in [-0.2, -0.15) is 5.26 Å². The van der Waals surface area contributed by atoms with Gasteiger partial charge in [-0.15, -0.1) is 10.2 Å². The summed E-state index contributed by atoms with van der Waals surface area (Å²) in [6, 6.07) is 8.25. The van der Waals surface area contributed by atoms with Gasteiger partial charge in [-0.25, -0.2) is 0 Å². The van der Waals surface area contributed by atoms with Crippen molar-refractivity contribution in [2.75, 3.05) is 6.54 Å². The Morgan fingerprint density at radius 2 is 2.25 bits per heavy atom. The first-order valence-corrected chi connectivity index (χ1v) is 8.08. The first-order valence-electron chi connectivity index (χ1n) is 6.44. The van der Waals surface area contributed by atoms with E-state index in [0.29, 0.717) is 5.56 Å². The van der Waals surface area contributed by atoms with Crippen LogP contribution in [0.25, 0.3) is 0 Å². The average Bonchev–Trinajstić information content (AvgIpc) is 2.86. The molecule has 0 bridgehead atoms. The molecule has 104 valence electrons. The van der Waals surface area contributed by atoms with E-state index >= 15 is 0 Å². The number of hydrogen-bond acceptors (Lipinski definition) is 6. The van der Waals surface area contributed by atoms with Crippen LogP contribution in [0.1, 0.15) is 29.5 Å². The number of rotatable bonds is 6. The lowest BCUT2D eigenvalue weighted by Crippen LogP contribution is -2.13. The van der Waals surface area contributed by atoms with Gasteiger partial charge in [0.2, 0.25) is 0 Å². The Morgan fingerprint density at radius 3 is 2.90 bits per heavy atom. The zero-order valence-corrected chi connectivity index (χ0v) is 13.1. The zero-order chi connectivity index (χ0) is 14.4. The third-order valence-electron chi connectivity index (χ3n) is 2.63. The lowest BCUT2D eigenvalue weighted by Gasteiger charge is -2.06. The van der Waals surface area contributed by atoms with Crippen LogP contribution in [-0.4, -0.2) is 16.7 Å². The molecule has 2 rings (SSSR count). The molecular formula is C14H16N4S2. The maximum Gasteiger partial charge on any atom is 0.179 e. The highest BCUT2D eigenvalue weighted by atomic mass is 32.2. The van der Waals surface area contributed by atoms with Crippen LogP contribution < -0.4 is 5.32 Å². The van der Waals surface area contributed by atoms with Crippen molar-refractivity contribution in [2.45, 2.75) is 36.0 Å². The van der Waals surface area contributed by atoms with Crippen LogP contribution in [0.2, 0.25) is 0 Å². The van der Waals surface area contributed by atoms with Crippen molar-refractivity contribution in [2.24, 2.45) is 0 Å². The number of nitriles is 1. The van der Waals surface area contributed by atoms with Crippen molar-refractivity contribution in [1.29, 1.82) is 5.26 Å². The second-order valence-corrected chi connectivity index (χ2v) is 6.78. The fraction of sp³-hybridized carbons (Fsp3) is 0.357. The maximum atomic E-state index is 9.28. The number of nitrogens with one attached hydrogen (secondary N) is 1. The van der Waals surface area contributed by atoms with E-state index in [9.17, 15) is 5.26 Å². The number of aromatic nitrogens is 2. The molecule has 1 N–H and O–H groups in total. The van der Waals surface area contributed by atoms with Gasteiger partial charge in [0.1, 0.15) is 11.1 Å². The summed E-state index contributed by atoms with van der Waals surface area (Å²) in [4.78, 5) is 0.933. The molecule has 0 unspecified atom stereocenters. The molecule has 0 saturated carbocycles. The molecule has 2 aromatic rings. The molecule has 20 heavy (non-hydrogen) atoms. The molecule has 0 aliphatic carbocycles. The van der Waals surface area contributed by atoms with E-state index in [1.807, 2.05) is 19.1 Å². The third kappa shape index (κ3) is 4.04. The maximum absolute atomic E-state index is 9.28. The van der Waals surface area contributed by atoms with Crippen LogP contribution >= 0.6 is 23.1 Å². The van der Waals surface area contributed by atoms with Gasteiger partial charge in [0.25, 0.3) is 0 Å². The van der Waals surface area contributed by atoms with E-state index in [4.69, 9.17) is 0 Å². The van der Waals surface area contributed by atoms with Crippen molar-refractivity contribution >= 4 is 23.1 Å². The molecule has 1 aromatic carbocycles. The number of hydrogen-bond donors (Lipinski definition) is 1. The number of nitrogens with zero attached hydrogens (tertiary/aromatic N) is 3. The fourth-order valence-corrected chi connectivity index (χ4v) is 3.52. The van der Waals surface area contributed by atoms with Gasteiger partial charge < -0.3 is 5.32 Å². The van der Waals surface area contributed by atoms with Gasteiger partial charge >= 0.3 is 0 Å². The molecule has 6 heteroatoms. The Morgan fingerprint density at radius 1 is 1.40 bits per heavy atom. The number of aryl methyl sites for hydroxylation is 1. The first kappa shape index (κ1) is 15.0. The smallest absolute Gasteiger partial charge is 0.179 e. The monoisotopic (exact) mass is 304 g/mol. The Bertz CT molecular complexity index is 616. The van der Waals surface area contributed by atoms with Gasteiger partial charge in [0, 0.05) is 11.4 Å². The molecule has 0 atom stereocenters. The van der Waals surface area contributed by atoms with E-state index in [2.05, 4.69) is 34.6 Å². The largest absolute Gasteiger partial charge is 0.313 e. The quantitative estimate of drug-likeness (QED) is 0.829. The Labute approximate surface area is 127 Å². The minimum atomic E-state index is 0.693. The van der Waals surface area contributed by atoms with Crippen LogP contribution in [0.15, 0.2) is 27.4 Å². The van der Waals surface area contributed by atoms with Crippen molar-refractivity contribution in [3.8, 4) is 6.07 Å². The van der Waals surface area contributed by atoms with Crippen molar-refractivity contribution in [3.05, 3.63) is 34.3 Å². The molecule has 0 amide bonds. The summed E-state index contributed by atoms with van der Waals surface area (Å²) < 4.78 is 0.871. The molecule has 1 aromatic heterocycles. The highest BCUT2D eigenvalue weighted by Gasteiger charge is 2.08. The van der Waals surface area contributed by atoms with Crippen molar-refractivity contribution < 1.29 is 0 Å². The minimum absolute atomic E-state index is 0.693. The Hall–Kier alpha value is -1.42. The average molecular weight is 304 g/mol. The summed E-state index contributed by atoms with van der Waals surface area (Å²) in [5.41, 5.74) is 1.83. The molecule has 0 spiro atoms.